The number of imidazole rings is 1. The van der Waals surface area contributed by atoms with Gasteiger partial charge in [-0.2, -0.15) is 14.6 Å². The third-order valence-corrected chi connectivity index (χ3v) is 8.81. The summed E-state index contributed by atoms with van der Waals surface area (Å²) >= 11 is 0. The lowest BCUT2D eigenvalue weighted by molar-refractivity contribution is 0.669. The number of hydrogen-bond acceptors (Lipinski definition) is 3. The third-order valence-electron chi connectivity index (χ3n) is 8.81. The summed E-state index contributed by atoms with van der Waals surface area (Å²) in [5.74, 6) is 0.789. The summed E-state index contributed by atoms with van der Waals surface area (Å²) in [5, 5.41) is 9.16. The van der Waals surface area contributed by atoms with Crippen LogP contribution < -0.4 is 0 Å². The zero-order valence-corrected chi connectivity index (χ0v) is 23.4. The molecule has 0 amide bonds. The van der Waals surface area contributed by atoms with Crippen LogP contribution in [0.2, 0.25) is 0 Å². The monoisotopic (exact) mass is 565 g/mol. The first-order valence-electron chi connectivity index (χ1n) is 14.7. The van der Waals surface area contributed by atoms with Crippen molar-refractivity contribution >= 4 is 60.6 Å². The van der Waals surface area contributed by atoms with Gasteiger partial charge in [-0.3, -0.25) is 4.57 Å². The maximum absolute atomic E-state index is 6.33. The van der Waals surface area contributed by atoms with E-state index in [4.69, 9.17) is 4.42 Å². The molecule has 10 aromatic rings. The molecular weight excluding hydrogens is 542 g/mol. The topological polar surface area (TPSA) is 53.2 Å². The molecule has 0 aliphatic heterocycles. The smallest absolute Gasteiger partial charge is 0.238 e. The number of rotatable bonds is 3. The molecule has 206 valence electrons. The number of fused-ring (bicyclic) bond motifs is 9. The second-order valence-corrected chi connectivity index (χ2v) is 11.2. The van der Waals surface area contributed by atoms with Crippen LogP contribution in [-0.4, -0.2) is 23.7 Å². The first-order chi connectivity index (χ1) is 21.8. The maximum atomic E-state index is 6.33. The van der Waals surface area contributed by atoms with E-state index in [9.17, 15) is 0 Å². The van der Waals surface area contributed by atoms with Gasteiger partial charge in [0.1, 0.15) is 17.5 Å². The molecule has 0 spiro atoms. The molecule has 0 unspecified atom stereocenters. The fraction of sp³-hybridized carbons (Fsp3) is 0. The Morgan fingerprint density at radius 3 is 1.89 bits per heavy atom. The molecule has 0 bridgehead atoms. The van der Waals surface area contributed by atoms with Crippen molar-refractivity contribution in [2.24, 2.45) is 0 Å². The van der Waals surface area contributed by atoms with Crippen molar-refractivity contribution < 1.29 is 4.42 Å². The molecule has 6 nitrogen and oxygen atoms in total. The van der Waals surface area contributed by atoms with Gasteiger partial charge in [-0.05, 0) is 77.9 Å². The second-order valence-electron chi connectivity index (χ2n) is 11.2. The normalized spacial score (nSPS) is 12.1. The van der Waals surface area contributed by atoms with E-state index < -0.39 is 0 Å². The number of furan rings is 1. The standard InChI is InChI=1S/C38H23N5O/c1-3-12-32-28(10-1)29-11-2-4-13-33(29)41(32)27-17-19-37-31(22-27)30-21-25(16-18-36(30)44-37)24-8-7-9-26(20-24)42-34-14-5-6-15-35(34)43-38(42)39-23-40-43/h1-23H. The van der Waals surface area contributed by atoms with Crippen LogP contribution in [0.3, 0.4) is 0 Å². The van der Waals surface area contributed by atoms with Crippen LogP contribution in [0.4, 0.5) is 0 Å². The lowest BCUT2D eigenvalue weighted by Gasteiger charge is -2.09. The van der Waals surface area contributed by atoms with E-state index in [1.54, 1.807) is 6.33 Å². The minimum atomic E-state index is 0.789. The van der Waals surface area contributed by atoms with Crippen molar-refractivity contribution in [3.63, 3.8) is 0 Å². The molecule has 0 fully saturated rings. The zero-order valence-electron chi connectivity index (χ0n) is 23.4. The molecule has 4 heterocycles. The lowest BCUT2D eigenvalue weighted by atomic mass is 10.0. The Balaban J connectivity index is 1.15. The summed E-state index contributed by atoms with van der Waals surface area (Å²) in [4.78, 5) is 4.57. The molecule has 0 N–H and O–H groups in total. The van der Waals surface area contributed by atoms with Crippen molar-refractivity contribution in [1.29, 1.82) is 0 Å². The number of nitrogens with zero attached hydrogens (tertiary/aromatic N) is 5. The molecule has 0 aliphatic rings. The predicted molar refractivity (Wildman–Crippen MR) is 177 cm³/mol. The highest BCUT2D eigenvalue weighted by Gasteiger charge is 2.16. The molecular formula is C38H23N5O. The van der Waals surface area contributed by atoms with E-state index in [0.717, 1.165) is 61.3 Å². The van der Waals surface area contributed by atoms with E-state index >= 15 is 0 Å². The molecule has 6 heteroatoms. The average Bonchev–Trinajstić information content (AvgIpc) is 3.84. The highest BCUT2D eigenvalue weighted by molar-refractivity contribution is 6.11. The summed E-state index contributed by atoms with van der Waals surface area (Å²) in [7, 11) is 0. The quantitative estimate of drug-likeness (QED) is 0.214. The van der Waals surface area contributed by atoms with Crippen LogP contribution in [0.1, 0.15) is 0 Å². The van der Waals surface area contributed by atoms with Crippen LogP contribution in [0, 0.1) is 0 Å². The van der Waals surface area contributed by atoms with Gasteiger partial charge in [0, 0.05) is 32.9 Å². The van der Waals surface area contributed by atoms with Gasteiger partial charge in [0.05, 0.1) is 22.1 Å². The molecule has 4 aromatic heterocycles. The van der Waals surface area contributed by atoms with E-state index in [1.165, 1.54) is 21.8 Å². The minimum absolute atomic E-state index is 0.789. The molecule has 44 heavy (non-hydrogen) atoms. The largest absolute Gasteiger partial charge is 0.456 e. The zero-order chi connectivity index (χ0) is 28.8. The van der Waals surface area contributed by atoms with Gasteiger partial charge in [0.15, 0.2) is 0 Å². The van der Waals surface area contributed by atoms with Crippen LogP contribution >= 0.6 is 0 Å². The first kappa shape index (κ1) is 23.4. The van der Waals surface area contributed by atoms with E-state index in [1.807, 2.05) is 16.6 Å². The van der Waals surface area contributed by atoms with E-state index in [-0.39, 0.29) is 0 Å². The van der Waals surface area contributed by atoms with Crippen molar-refractivity contribution in [3.8, 4) is 22.5 Å². The molecule has 0 saturated carbocycles. The average molecular weight is 566 g/mol. The Morgan fingerprint density at radius 2 is 1.09 bits per heavy atom. The molecule has 0 atom stereocenters. The summed E-state index contributed by atoms with van der Waals surface area (Å²) < 4.78 is 12.7. The summed E-state index contributed by atoms with van der Waals surface area (Å²) in [6, 6.07) is 47.0. The maximum Gasteiger partial charge on any atom is 0.238 e. The summed E-state index contributed by atoms with van der Waals surface area (Å²) in [5.41, 5.74) is 10.6. The molecule has 6 aromatic carbocycles. The number of benzene rings is 6. The second kappa shape index (κ2) is 8.69. The van der Waals surface area contributed by atoms with Crippen molar-refractivity contribution in [2.45, 2.75) is 0 Å². The van der Waals surface area contributed by atoms with Crippen molar-refractivity contribution in [3.05, 3.63) is 140 Å². The SMILES string of the molecule is c1cc(-c2ccc3oc4ccc(-n5c6ccccc6c6ccccc65)cc4c3c2)cc(-n2c3ccccc3n3ncnc23)c1. The Bertz CT molecular complexity index is 2680. The highest BCUT2D eigenvalue weighted by Crippen LogP contribution is 2.37. The molecule has 0 aliphatic carbocycles. The van der Waals surface area contributed by atoms with Gasteiger partial charge < -0.3 is 8.98 Å². The Kier molecular flexibility index (Phi) is 4.63. The number of para-hydroxylation sites is 4. The molecule has 0 radical (unpaired) electrons. The Hall–Kier alpha value is -6.14. The van der Waals surface area contributed by atoms with Crippen LogP contribution in [0.15, 0.2) is 144 Å². The van der Waals surface area contributed by atoms with Crippen molar-refractivity contribution in [1.82, 2.24) is 23.7 Å². The van der Waals surface area contributed by atoms with E-state index in [0.29, 0.717) is 0 Å². The number of aromatic nitrogens is 5. The molecule has 10 rings (SSSR count). The van der Waals surface area contributed by atoms with E-state index in [2.05, 4.69) is 141 Å². The summed E-state index contributed by atoms with van der Waals surface area (Å²) in [6.07, 6.45) is 1.60. The van der Waals surface area contributed by atoms with Gasteiger partial charge >= 0.3 is 0 Å². The summed E-state index contributed by atoms with van der Waals surface area (Å²) in [6.45, 7) is 0. The van der Waals surface area contributed by atoms with Crippen LogP contribution in [-0.2, 0) is 0 Å². The predicted octanol–water partition coefficient (Wildman–Crippen LogP) is 9.34. The Labute approximate surface area is 250 Å². The fourth-order valence-corrected chi connectivity index (χ4v) is 6.86. The van der Waals surface area contributed by atoms with Gasteiger partial charge in [-0.25, -0.2) is 0 Å². The molecule has 0 saturated heterocycles. The minimum Gasteiger partial charge on any atom is -0.456 e. The van der Waals surface area contributed by atoms with Crippen LogP contribution in [0.25, 0.3) is 83.1 Å². The van der Waals surface area contributed by atoms with Crippen LogP contribution in [0.5, 0.6) is 0 Å². The van der Waals surface area contributed by atoms with Gasteiger partial charge in [-0.15, -0.1) is 0 Å². The highest BCUT2D eigenvalue weighted by atomic mass is 16.3. The first-order valence-corrected chi connectivity index (χ1v) is 14.7. The van der Waals surface area contributed by atoms with Gasteiger partial charge in [0.2, 0.25) is 5.78 Å². The third kappa shape index (κ3) is 3.19. The fourth-order valence-electron chi connectivity index (χ4n) is 6.86. The van der Waals surface area contributed by atoms with Gasteiger partial charge in [0.25, 0.3) is 0 Å². The number of hydrogen-bond donors (Lipinski definition) is 0. The lowest BCUT2D eigenvalue weighted by Crippen LogP contribution is -1.95. The Morgan fingerprint density at radius 1 is 0.455 bits per heavy atom. The van der Waals surface area contributed by atoms with Gasteiger partial charge in [-0.1, -0.05) is 66.7 Å². The van der Waals surface area contributed by atoms with Crippen molar-refractivity contribution in [2.75, 3.05) is 0 Å².